The Bertz CT molecular complexity index is 1260. The van der Waals surface area contributed by atoms with Crippen molar-refractivity contribution in [3.8, 4) is 34.1 Å². The number of aromatic nitrogens is 5. The number of hydrogen-bond acceptors (Lipinski definition) is 5. The summed E-state index contributed by atoms with van der Waals surface area (Å²) in [5.74, 6) is 0.623. The highest BCUT2D eigenvalue weighted by molar-refractivity contribution is 6.30. The number of halogens is 2. The molecule has 0 fully saturated rings. The van der Waals surface area contributed by atoms with Gasteiger partial charge in [0, 0.05) is 16.7 Å². The minimum Gasteiger partial charge on any atom is -0.356 e. The Labute approximate surface area is 169 Å². The van der Waals surface area contributed by atoms with E-state index in [1.54, 1.807) is 47.4 Å². The van der Waals surface area contributed by atoms with Crippen LogP contribution in [0.5, 0.6) is 0 Å². The van der Waals surface area contributed by atoms with E-state index >= 15 is 0 Å². The van der Waals surface area contributed by atoms with Crippen molar-refractivity contribution < 1.29 is 8.91 Å². The van der Waals surface area contributed by atoms with Gasteiger partial charge in [0.05, 0.1) is 24.5 Å². The van der Waals surface area contributed by atoms with Crippen LogP contribution in [0.1, 0.15) is 5.69 Å². The molecule has 1 aromatic heterocycles. The zero-order valence-corrected chi connectivity index (χ0v) is 15.7. The summed E-state index contributed by atoms with van der Waals surface area (Å²) in [6.45, 7) is 0.398. The fourth-order valence-corrected chi connectivity index (χ4v) is 3.14. The Morgan fingerprint density at radius 2 is 1.79 bits per heavy atom. The zero-order chi connectivity index (χ0) is 19.8. The molecule has 2 aliphatic rings. The minimum absolute atomic E-state index is 0.337. The fraction of sp³-hybridized carbons (Fsp3) is 0.0476. The molecule has 3 heterocycles. The van der Waals surface area contributed by atoms with Crippen LogP contribution in [-0.4, -0.2) is 24.9 Å². The molecule has 8 heteroatoms. The Balaban J connectivity index is 1.41. The van der Waals surface area contributed by atoms with Crippen LogP contribution in [0.3, 0.4) is 0 Å². The lowest BCUT2D eigenvalue weighted by Crippen LogP contribution is -2.05. The van der Waals surface area contributed by atoms with Gasteiger partial charge in [-0.1, -0.05) is 28.9 Å². The van der Waals surface area contributed by atoms with Crippen molar-refractivity contribution in [3.63, 3.8) is 0 Å². The number of nitrogens with zero attached hydrogens (tertiary/aromatic N) is 5. The molecular formula is C21H13ClFN5O. The summed E-state index contributed by atoms with van der Waals surface area (Å²) in [6.07, 6.45) is 3.36. The average Bonchev–Trinajstić information content (AvgIpc) is 3.35. The predicted octanol–water partition coefficient (Wildman–Crippen LogP) is 4.94. The van der Waals surface area contributed by atoms with Crippen LogP contribution in [0, 0.1) is 5.82 Å². The normalized spacial score (nSPS) is 11.2. The molecule has 0 bridgehead atoms. The maximum absolute atomic E-state index is 14.0. The topological polar surface area (TPSA) is 69.6 Å². The Kier molecular flexibility index (Phi) is 4.29. The number of benzene rings is 2. The molecule has 29 heavy (non-hydrogen) atoms. The maximum Gasteiger partial charge on any atom is 0.167 e. The van der Waals surface area contributed by atoms with E-state index in [9.17, 15) is 4.39 Å². The predicted molar refractivity (Wildman–Crippen MR) is 106 cm³/mol. The lowest BCUT2D eigenvalue weighted by molar-refractivity contribution is 0.419. The molecule has 0 saturated heterocycles. The highest BCUT2D eigenvalue weighted by atomic mass is 35.5. The van der Waals surface area contributed by atoms with Crippen LogP contribution < -0.4 is 0 Å². The van der Waals surface area contributed by atoms with Gasteiger partial charge in [0.1, 0.15) is 22.9 Å². The molecule has 6 nitrogen and oxygen atoms in total. The number of fused-ring (bicyclic) bond motifs is 1. The molecule has 142 valence electrons. The summed E-state index contributed by atoms with van der Waals surface area (Å²) >= 11 is 5.92. The monoisotopic (exact) mass is 405 g/mol. The van der Waals surface area contributed by atoms with Crippen molar-refractivity contribution in [1.82, 2.24) is 24.9 Å². The van der Waals surface area contributed by atoms with E-state index in [2.05, 4.69) is 20.2 Å². The second-order valence-corrected chi connectivity index (χ2v) is 6.89. The average molecular weight is 406 g/mol. The first-order chi connectivity index (χ1) is 14.2. The summed E-state index contributed by atoms with van der Waals surface area (Å²) in [4.78, 5) is 8.81. The molecule has 3 aromatic rings. The van der Waals surface area contributed by atoms with Gasteiger partial charge in [0.2, 0.25) is 0 Å². The molecular weight excluding hydrogens is 393 g/mol. The Hall–Kier alpha value is -3.58. The third kappa shape index (κ3) is 3.48. The Morgan fingerprint density at radius 3 is 2.62 bits per heavy atom. The number of imidazole rings is 1. The van der Waals surface area contributed by atoms with Crippen molar-refractivity contribution >= 4 is 11.6 Å². The van der Waals surface area contributed by atoms with Crippen molar-refractivity contribution in [2.24, 2.45) is 0 Å². The van der Waals surface area contributed by atoms with E-state index < -0.39 is 0 Å². The molecule has 0 radical (unpaired) electrons. The summed E-state index contributed by atoms with van der Waals surface area (Å²) in [5, 5.41) is 9.11. The fourth-order valence-electron chi connectivity index (χ4n) is 3.01. The van der Waals surface area contributed by atoms with Crippen molar-refractivity contribution in [2.75, 3.05) is 0 Å². The van der Waals surface area contributed by atoms with Crippen LogP contribution in [0.25, 0.3) is 34.1 Å². The molecule has 2 aromatic carbocycles. The number of rotatable bonds is 4. The van der Waals surface area contributed by atoms with Crippen molar-refractivity contribution in [2.45, 2.75) is 6.54 Å². The molecule has 0 saturated carbocycles. The lowest BCUT2D eigenvalue weighted by atomic mass is 10.1. The second kappa shape index (κ2) is 7.10. The number of hydrogen-bond donors (Lipinski definition) is 0. The van der Waals surface area contributed by atoms with Crippen LogP contribution in [-0.2, 0) is 6.54 Å². The van der Waals surface area contributed by atoms with Crippen LogP contribution in [0.4, 0.5) is 4.39 Å². The first-order valence-corrected chi connectivity index (χ1v) is 9.20. The first-order valence-electron chi connectivity index (χ1n) is 8.82. The molecule has 0 N–H and O–H groups in total. The van der Waals surface area contributed by atoms with Gasteiger partial charge in [-0.15, -0.1) is 0 Å². The van der Waals surface area contributed by atoms with E-state index in [0.717, 1.165) is 5.56 Å². The second-order valence-electron chi connectivity index (χ2n) is 6.46. The van der Waals surface area contributed by atoms with Crippen LogP contribution >= 0.6 is 11.6 Å². The third-order valence-electron chi connectivity index (χ3n) is 4.44. The van der Waals surface area contributed by atoms with E-state index in [-0.39, 0.29) is 5.82 Å². The van der Waals surface area contributed by atoms with Gasteiger partial charge >= 0.3 is 0 Å². The van der Waals surface area contributed by atoms with Gasteiger partial charge in [0.15, 0.2) is 11.6 Å². The van der Waals surface area contributed by atoms with Crippen molar-refractivity contribution in [3.05, 3.63) is 83.5 Å². The van der Waals surface area contributed by atoms with Gasteiger partial charge in [0.25, 0.3) is 0 Å². The summed E-state index contributed by atoms with van der Waals surface area (Å²) in [6, 6.07) is 15.6. The SMILES string of the molecule is Fc1ccccc1-c1nc2cnn(Cc3cc(-c4ccc(Cl)cc4)on3)cc-2n1. The third-order valence-corrected chi connectivity index (χ3v) is 4.69. The minimum atomic E-state index is -0.360. The molecule has 2 aliphatic heterocycles. The Morgan fingerprint density at radius 1 is 1.00 bits per heavy atom. The first kappa shape index (κ1) is 17.5. The largest absolute Gasteiger partial charge is 0.356 e. The quantitative estimate of drug-likeness (QED) is 0.423. The zero-order valence-electron chi connectivity index (χ0n) is 15.0. The van der Waals surface area contributed by atoms with Gasteiger partial charge < -0.3 is 4.52 Å². The van der Waals surface area contributed by atoms with Gasteiger partial charge in [-0.3, -0.25) is 4.68 Å². The molecule has 0 atom stereocenters. The smallest absolute Gasteiger partial charge is 0.167 e. The standard InChI is InChI=1S/C21H13ClFN5O/c22-14-7-5-13(6-8-14)20-9-15(27-29-20)11-28-12-19-18(10-24-28)25-21(26-19)16-3-1-2-4-17(16)23/h1-10,12H,11H2. The molecule has 0 spiro atoms. The van der Waals surface area contributed by atoms with E-state index in [1.807, 2.05) is 18.2 Å². The van der Waals surface area contributed by atoms with Gasteiger partial charge in [-0.2, -0.15) is 5.10 Å². The van der Waals surface area contributed by atoms with Gasteiger partial charge in [-0.25, -0.2) is 14.4 Å². The van der Waals surface area contributed by atoms with Gasteiger partial charge in [-0.05, 0) is 36.4 Å². The molecule has 5 rings (SSSR count). The van der Waals surface area contributed by atoms with E-state index in [4.69, 9.17) is 16.1 Å². The molecule has 0 unspecified atom stereocenters. The van der Waals surface area contributed by atoms with E-state index in [1.165, 1.54) is 6.07 Å². The summed E-state index contributed by atoms with van der Waals surface area (Å²) in [7, 11) is 0. The molecule has 0 aliphatic carbocycles. The highest BCUT2D eigenvalue weighted by Crippen LogP contribution is 2.26. The van der Waals surface area contributed by atoms with Crippen LogP contribution in [0.15, 0.2) is 71.5 Å². The van der Waals surface area contributed by atoms with Crippen molar-refractivity contribution in [1.29, 1.82) is 0 Å². The van der Waals surface area contributed by atoms with Crippen LogP contribution in [0.2, 0.25) is 5.02 Å². The maximum atomic E-state index is 14.0. The van der Waals surface area contributed by atoms with E-state index in [0.29, 0.717) is 45.8 Å². The lowest BCUT2D eigenvalue weighted by Gasteiger charge is -2.03. The highest BCUT2D eigenvalue weighted by Gasteiger charge is 2.16. The molecule has 0 amide bonds. The summed E-state index contributed by atoms with van der Waals surface area (Å²) in [5.41, 5.74) is 3.18. The summed E-state index contributed by atoms with van der Waals surface area (Å²) < 4.78 is 21.1.